The Hall–Kier alpha value is -2.24. The molecule has 0 saturated heterocycles. The van der Waals surface area contributed by atoms with Crippen molar-refractivity contribution in [2.75, 3.05) is 5.32 Å². The molecule has 136 valence electrons. The third-order valence-corrected chi connectivity index (χ3v) is 4.89. The van der Waals surface area contributed by atoms with E-state index in [9.17, 15) is 14.7 Å². The summed E-state index contributed by atoms with van der Waals surface area (Å²) in [6.07, 6.45) is 1.13. The van der Waals surface area contributed by atoms with E-state index in [1.807, 2.05) is 30.3 Å². The molecule has 0 spiro atoms. The maximum absolute atomic E-state index is 12.4. The molecule has 1 aliphatic rings. The van der Waals surface area contributed by atoms with E-state index in [2.05, 4.69) is 10.6 Å². The Kier molecular flexibility index (Phi) is 5.69. The number of nitrogens with one attached hydrogen (secondary N) is 2. The molecule has 2 aromatic carbocycles. The summed E-state index contributed by atoms with van der Waals surface area (Å²) in [5.41, 5.74) is 2.28. The van der Waals surface area contributed by atoms with Gasteiger partial charge in [-0.3, -0.25) is 4.79 Å². The van der Waals surface area contributed by atoms with Gasteiger partial charge in [0.2, 0.25) is 5.91 Å². The second-order valence-corrected chi connectivity index (χ2v) is 7.07. The molecule has 2 aromatic rings. The SMILES string of the molecule is O=C(CCc1ccccc1)N[C@@H]1C[C@@H](C(=O)O)Nc2cc(Cl)cc(Cl)c21. The number of carboxylic acid groups (broad SMARTS) is 1. The molecule has 0 fully saturated rings. The van der Waals surface area contributed by atoms with Crippen molar-refractivity contribution < 1.29 is 14.7 Å². The highest BCUT2D eigenvalue weighted by Crippen LogP contribution is 2.39. The Morgan fingerprint density at radius 1 is 1.19 bits per heavy atom. The Labute approximate surface area is 161 Å². The number of carboxylic acids is 1. The molecule has 0 aromatic heterocycles. The van der Waals surface area contributed by atoms with Crippen LogP contribution >= 0.6 is 23.2 Å². The third-order valence-electron chi connectivity index (χ3n) is 4.36. The molecule has 0 radical (unpaired) electrons. The number of aliphatic carboxylic acids is 1. The van der Waals surface area contributed by atoms with Gasteiger partial charge in [-0.25, -0.2) is 4.79 Å². The van der Waals surface area contributed by atoms with E-state index in [1.54, 1.807) is 12.1 Å². The second kappa shape index (κ2) is 7.98. The van der Waals surface area contributed by atoms with Crippen LogP contribution in [0, 0.1) is 0 Å². The quantitative estimate of drug-likeness (QED) is 0.716. The van der Waals surface area contributed by atoms with Crippen molar-refractivity contribution in [2.24, 2.45) is 0 Å². The van der Waals surface area contributed by atoms with Gasteiger partial charge in [-0.05, 0) is 24.1 Å². The van der Waals surface area contributed by atoms with E-state index in [0.717, 1.165) is 5.56 Å². The van der Waals surface area contributed by atoms with Crippen molar-refractivity contribution in [3.63, 3.8) is 0 Å². The van der Waals surface area contributed by atoms with Crippen LogP contribution in [-0.4, -0.2) is 23.0 Å². The average Bonchev–Trinajstić information content (AvgIpc) is 2.60. The fraction of sp³-hybridized carbons (Fsp3) is 0.263. The number of anilines is 1. The largest absolute Gasteiger partial charge is 0.480 e. The number of hydrogen-bond acceptors (Lipinski definition) is 3. The lowest BCUT2D eigenvalue weighted by Gasteiger charge is -2.32. The van der Waals surface area contributed by atoms with Crippen molar-refractivity contribution >= 4 is 40.8 Å². The van der Waals surface area contributed by atoms with E-state index in [-0.39, 0.29) is 12.3 Å². The molecule has 3 rings (SSSR count). The Bertz CT molecular complexity index is 827. The summed E-state index contributed by atoms with van der Waals surface area (Å²) in [5, 5.41) is 16.0. The number of carbonyl (C=O) groups is 2. The number of aryl methyl sites for hydroxylation is 1. The summed E-state index contributed by atoms with van der Waals surface area (Å²) in [6, 6.07) is 11.6. The van der Waals surface area contributed by atoms with Crippen LogP contribution < -0.4 is 10.6 Å². The van der Waals surface area contributed by atoms with Crippen LogP contribution in [0.15, 0.2) is 42.5 Å². The Balaban J connectivity index is 1.76. The first-order valence-electron chi connectivity index (χ1n) is 8.25. The van der Waals surface area contributed by atoms with Crippen molar-refractivity contribution in [1.29, 1.82) is 0 Å². The van der Waals surface area contributed by atoms with Gasteiger partial charge in [0.15, 0.2) is 0 Å². The molecular formula is C19H18Cl2N2O3. The first-order chi connectivity index (χ1) is 12.4. The van der Waals surface area contributed by atoms with Crippen molar-refractivity contribution in [3.05, 3.63) is 63.6 Å². The molecule has 0 unspecified atom stereocenters. The maximum atomic E-state index is 12.4. The number of halogens is 2. The molecule has 1 amide bonds. The van der Waals surface area contributed by atoms with E-state index in [1.165, 1.54) is 0 Å². The molecule has 1 aliphatic heterocycles. The molecule has 0 aliphatic carbocycles. The predicted molar refractivity (Wildman–Crippen MR) is 102 cm³/mol. The smallest absolute Gasteiger partial charge is 0.326 e. The van der Waals surface area contributed by atoms with E-state index in [4.69, 9.17) is 23.2 Å². The molecule has 5 nitrogen and oxygen atoms in total. The predicted octanol–water partition coefficient (Wildman–Crippen LogP) is 4.05. The van der Waals surface area contributed by atoms with Gasteiger partial charge < -0.3 is 15.7 Å². The van der Waals surface area contributed by atoms with Gasteiger partial charge in [-0.15, -0.1) is 0 Å². The number of rotatable bonds is 5. The minimum Gasteiger partial charge on any atom is -0.480 e. The zero-order chi connectivity index (χ0) is 18.7. The zero-order valence-electron chi connectivity index (χ0n) is 13.8. The van der Waals surface area contributed by atoms with Gasteiger partial charge in [0.05, 0.1) is 6.04 Å². The fourth-order valence-electron chi connectivity index (χ4n) is 3.12. The minimum absolute atomic E-state index is 0.151. The summed E-state index contributed by atoms with van der Waals surface area (Å²) in [7, 11) is 0. The van der Waals surface area contributed by atoms with E-state index < -0.39 is 18.1 Å². The third kappa shape index (κ3) is 4.29. The van der Waals surface area contributed by atoms with Gasteiger partial charge >= 0.3 is 5.97 Å². The molecule has 0 saturated carbocycles. The average molecular weight is 393 g/mol. The van der Waals surface area contributed by atoms with Crippen LogP contribution in [0.5, 0.6) is 0 Å². The lowest BCUT2D eigenvalue weighted by atomic mass is 9.92. The van der Waals surface area contributed by atoms with Crippen LogP contribution in [0.25, 0.3) is 0 Å². The van der Waals surface area contributed by atoms with E-state index >= 15 is 0 Å². The highest BCUT2D eigenvalue weighted by atomic mass is 35.5. The second-order valence-electron chi connectivity index (χ2n) is 6.23. The highest BCUT2D eigenvalue weighted by molar-refractivity contribution is 6.35. The lowest BCUT2D eigenvalue weighted by molar-refractivity contribution is -0.138. The maximum Gasteiger partial charge on any atom is 0.326 e. The first kappa shape index (κ1) is 18.5. The van der Waals surface area contributed by atoms with Crippen LogP contribution in [0.3, 0.4) is 0 Å². The fourth-order valence-corrected chi connectivity index (χ4v) is 3.75. The van der Waals surface area contributed by atoms with Crippen LogP contribution in [-0.2, 0) is 16.0 Å². The van der Waals surface area contributed by atoms with Crippen molar-refractivity contribution in [1.82, 2.24) is 5.32 Å². The van der Waals surface area contributed by atoms with Gasteiger partial charge in [0.1, 0.15) is 6.04 Å². The van der Waals surface area contributed by atoms with Gasteiger partial charge in [0.25, 0.3) is 0 Å². The summed E-state index contributed by atoms with van der Waals surface area (Å²) < 4.78 is 0. The number of carbonyl (C=O) groups excluding carboxylic acids is 1. The summed E-state index contributed by atoms with van der Waals surface area (Å²) in [6.45, 7) is 0. The van der Waals surface area contributed by atoms with E-state index in [0.29, 0.717) is 34.1 Å². The lowest BCUT2D eigenvalue weighted by Crippen LogP contribution is -2.41. The Morgan fingerprint density at radius 2 is 1.92 bits per heavy atom. The summed E-state index contributed by atoms with van der Waals surface area (Å²) >= 11 is 12.3. The summed E-state index contributed by atoms with van der Waals surface area (Å²) in [4.78, 5) is 23.8. The zero-order valence-corrected chi connectivity index (χ0v) is 15.3. The molecule has 26 heavy (non-hydrogen) atoms. The molecule has 7 heteroatoms. The number of amides is 1. The number of fused-ring (bicyclic) bond motifs is 1. The van der Waals surface area contributed by atoms with Crippen molar-refractivity contribution in [2.45, 2.75) is 31.3 Å². The summed E-state index contributed by atoms with van der Waals surface area (Å²) in [5.74, 6) is -1.14. The monoisotopic (exact) mass is 392 g/mol. The minimum atomic E-state index is -0.990. The topological polar surface area (TPSA) is 78.4 Å². The number of benzene rings is 2. The normalized spacial score (nSPS) is 18.5. The van der Waals surface area contributed by atoms with Gasteiger partial charge in [-0.2, -0.15) is 0 Å². The number of hydrogen-bond donors (Lipinski definition) is 3. The van der Waals surface area contributed by atoms with Crippen molar-refractivity contribution in [3.8, 4) is 0 Å². The van der Waals surface area contributed by atoms with Gasteiger partial charge in [0, 0.05) is 34.1 Å². The standard InChI is InChI=1S/C19H18Cl2N2O3/c20-12-8-13(21)18-14(9-12)22-16(19(25)26)10-15(18)23-17(24)7-6-11-4-2-1-3-5-11/h1-5,8-9,15-16,22H,6-7,10H2,(H,23,24)(H,25,26)/t15-,16+/m1/s1. The van der Waals surface area contributed by atoms with Crippen LogP contribution in [0.2, 0.25) is 10.0 Å². The molecule has 1 heterocycles. The molecular weight excluding hydrogens is 375 g/mol. The molecule has 3 N–H and O–H groups in total. The highest BCUT2D eigenvalue weighted by Gasteiger charge is 2.33. The Morgan fingerprint density at radius 3 is 2.62 bits per heavy atom. The van der Waals surface area contributed by atoms with Gasteiger partial charge in [-0.1, -0.05) is 53.5 Å². The molecule has 0 bridgehead atoms. The van der Waals surface area contributed by atoms with Crippen LogP contribution in [0.1, 0.15) is 30.0 Å². The van der Waals surface area contributed by atoms with Crippen LogP contribution in [0.4, 0.5) is 5.69 Å². The first-order valence-corrected chi connectivity index (χ1v) is 9.01. The molecule has 2 atom stereocenters.